The molecule has 1 aliphatic heterocycles. The fourth-order valence-corrected chi connectivity index (χ4v) is 5.08. The Balaban J connectivity index is 1.28. The number of rotatable bonds is 4. The van der Waals surface area contributed by atoms with E-state index < -0.39 is 5.97 Å². The van der Waals surface area contributed by atoms with Gasteiger partial charge in [0.2, 0.25) is 0 Å². The van der Waals surface area contributed by atoms with Crippen molar-refractivity contribution in [3.8, 4) is 16.2 Å². The average molecular weight is 404 g/mol. The summed E-state index contributed by atoms with van der Waals surface area (Å²) in [7, 11) is 0. The summed E-state index contributed by atoms with van der Waals surface area (Å²) in [5.41, 5.74) is 5.16. The highest BCUT2D eigenvalue weighted by atomic mass is 32.1. The number of aryl methyl sites for hydroxylation is 2. The van der Waals surface area contributed by atoms with Crippen LogP contribution in [0.25, 0.3) is 10.4 Å². The van der Waals surface area contributed by atoms with Crippen molar-refractivity contribution in [1.29, 1.82) is 0 Å². The Kier molecular flexibility index (Phi) is 4.68. The van der Waals surface area contributed by atoms with Crippen LogP contribution in [0.1, 0.15) is 49.6 Å². The lowest BCUT2D eigenvalue weighted by Crippen LogP contribution is -2.14. The molecule has 2 aromatic carbocycles. The molecule has 0 saturated heterocycles. The maximum absolute atomic E-state index is 12.5. The van der Waals surface area contributed by atoms with Crippen LogP contribution in [0.3, 0.4) is 0 Å². The van der Waals surface area contributed by atoms with Gasteiger partial charge in [-0.15, -0.1) is 11.3 Å². The summed E-state index contributed by atoms with van der Waals surface area (Å²) in [6.45, 7) is 0.192. The van der Waals surface area contributed by atoms with Gasteiger partial charge in [-0.3, -0.25) is 4.79 Å². The van der Waals surface area contributed by atoms with Crippen LogP contribution in [0.2, 0.25) is 0 Å². The standard InChI is InChI=1S/C24H20O4S/c25-20(17-10-9-15-5-1-2-6-16(15)11-17)14-28-24(26)22-12-18-13-27-21-8-4-3-7-19(21)23(18)29-22/h3-4,7-12H,1-2,5-6,13-14H2. The van der Waals surface area contributed by atoms with E-state index in [2.05, 4.69) is 0 Å². The Labute approximate surface area is 173 Å². The van der Waals surface area contributed by atoms with Crippen molar-refractivity contribution < 1.29 is 19.1 Å². The molecule has 2 aliphatic rings. The third kappa shape index (κ3) is 3.47. The molecule has 0 unspecified atom stereocenters. The Morgan fingerprint density at radius 1 is 0.966 bits per heavy atom. The molecular weight excluding hydrogens is 384 g/mol. The largest absolute Gasteiger partial charge is 0.488 e. The van der Waals surface area contributed by atoms with Crippen LogP contribution in [0, 0.1) is 0 Å². The van der Waals surface area contributed by atoms with Crippen LogP contribution in [-0.2, 0) is 24.2 Å². The molecule has 1 aliphatic carbocycles. The highest BCUT2D eigenvalue weighted by Gasteiger charge is 2.23. The van der Waals surface area contributed by atoms with Gasteiger partial charge >= 0.3 is 5.97 Å². The Hall–Kier alpha value is -2.92. The molecule has 29 heavy (non-hydrogen) atoms. The van der Waals surface area contributed by atoms with Crippen molar-refractivity contribution >= 4 is 23.1 Å². The van der Waals surface area contributed by atoms with E-state index in [1.165, 1.54) is 28.9 Å². The zero-order valence-corrected chi connectivity index (χ0v) is 16.7. The van der Waals surface area contributed by atoms with Gasteiger partial charge in [0.1, 0.15) is 17.2 Å². The van der Waals surface area contributed by atoms with Crippen molar-refractivity contribution in [2.24, 2.45) is 0 Å². The smallest absolute Gasteiger partial charge is 0.348 e. The molecular formula is C24H20O4S. The number of fused-ring (bicyclic) bond motifs is 4. The van der Waals surface area contributed by atoms with Crippen LogP contribution in [0.15, 0.2) is 48.5 Å². The molecule has 0 amide bonds. The van der Waals surface area contributed by atoms with Gasteiger partial charge in [-0.25, -0.2) is 4.79 Å². The molecule has 0 radical (unpaired) electrons. The SMILES string of the molecule is O=C(COC(=O)c1cc2c(s1)-c1ccccc1OC2)c1ccc2c(c1)CCCC2. The van der Waals surface area contributed by atoms with Crippen molar-refractivity contribution in [1.82, 2.24) is 0 Å². The summed E-state index contributed by atoms with van der Waals surface area (Å²) in [4.78, 5) is 26.6. The molecule has 0 N–H and O–H groups in total. The molecule has 4 nitrogen and oxygen atoms in total. The van der Waals surface area contributed by atoms with E-state index in [0.717, 1.165) is 41.0 Å². The zero-order valence-electron chi connectivity index (χ0n) is 15.9. The predicted octanol–water partition coefficient (Wildman–Crippen LogP) is 5.23. The molecule has 1 aromatic heterocycles. The second kappa shape index (κ2) is 7.48. The minimum atomic E-state index is -0.465. The number of thiophene rings is 1. The first-order valence-corrected chi connectivity index (χ1v) is 10.7. The molecule has 0 bridgehead atoms. The van der Waals surface area contributed by atoms with Crippen LogP contribution >= 0.6 is 11.3 Å². The van der Waals surface area contributed by atoms with Gasteiger partial charge in [0.15, 0.2) is 12.4 Å². The summed E-state index contributed by atoms with van der Waals surface area (Å²) in [5, 5.41) is 0. The quantitative estimate of drug-likeness (QED) is 0.442. The number of esters is 1. The first kappa shape index (κ1) is 18.1. The number of benzene rings is 2. The van der Waals surface area contributed by atoms with Crippen LogP contribution in [0.5, 0.6) is 5.75 Å². The van der Waals surface area contributed by atoms with Gasteiger partial charge in [0, 0.05) is 21.6 Å². The first-order valence-electron chi connectivity index (χ1n) is 9.86. The van der Waals surface area contributed by atoms with Gasteiger partial charge in [-0.05, 0) is 61.1 Å². The van der Waals surface area contributed by atoms with Gasteiger partial charge < -0.3 is 9.47 Å². The van der Waals surface area contributed by atoms with Gasteiger partial charge in [-0.1, -0.05) is 24.3 Å². The number of hydrogen-bond donors (Lipinski definition) is 0. The summed E-state index contributed by atoms with van der Waals surface area (Å²) in [6, 6.07) is 15.4. The van der Waals surface area contributed by atoms with Crippen molar-refractivity contribution in [3.63, 3.8) is 0 Å². The van der Waals surface area contributed by atoms with E-state index in [4.69, 9.17) is 9.47 Å². The highest BCUT2D eigenvalue weighted by molar-refractivity contribution is 7.17. The van der Waals surface area contributed by atoms with Crippen molar-refractivity contribution in [2.45, 2.75) is 32.3 Å². The molecule has 0 fully saturated rings. The number of Topliss-reactive ketones (excluding diaryl/α,β-unsaturated/α-hetero) is 1. The second-order valence-corrected chi connectivity index (χ2v) is 8.49. The highest BCUT2D eigenvalue weighted by Crippen LogP contribution is 2.42. The molecule has 3 aromatic rings. The van der Waals surface area contributed by atoms with Crippen LogP contribution < -0.4 is 4.74 Å². The maximum atomic E-state index is 12.5. The predicted molar refractivity (Wildman–Crippen MR) is 112 cm³/mol. The normalized spacial score (nSPS) is 14.2. The van der Waals surface area contributed by atoms with E-state index in [1.54, 1.807) is 0 Å². The Morgan fingerprint density at radius 3 is 2.69 bits per heavy atom. The summed E-state index contributed by atoms with van der Waals surface area (Å²) < 4.78 is 11.1. The topological polar surface area (TPSA) is 52.6 Å². The zero-order chi connectivity index (χ0) is 19.8. The molecule has 0 atom stereocenters. The average Bonchev–Trinajstić information content (AvgIpc) is 3.22. The second-order valence-electron chi connectivity index (χ2n) is 7.44. The summed E-state index contributed by atoms with van der Waals surface area (Å²) in [5.74, 6) is 0.194. The fraction of sp³-hybridized carbons (Fsp3) is 0.250. The third-order valence-corrected chi connectivity index (χ3v) is 6.72. The number of ether oxygens (including phenoxy) is 2. The molecule has 146 valence electrons. The minimum Gasteiger partial charge on any atom is -0.488 e. The van der Waals surface area contributed by atoms with Crippen molar-refractivity contribution in [3.05, 3.63) is 75.7 Å². The van der Waals surface area contributed by atoms with E-state index in [9.17, 15) is 9.59 Å². The van der Waals surface area contributed by atoms with Crippen molar-refractivity contribution in [2.75, 3.05) is 6.61 Å². The lowest BCUT2D eigenvalue weighted by Gasteiger charge is -2.16. The van der Waals surface area contributed by atoms with Gasteiger partial charge in [0.25, 0.3) is 0 Å². The molecule has 5 heteroatoms. The molecule has 0 spiro atoms. The van der Waals surface area contributed by atoms with Gasteiger partial charge in [0.05, 0.1) is 0 Å². The Bertz CT molecular complexity index is 1110. The van der Waals surface area contributed by atoms with E-state index >= 15 is 0 Å². The third-order valence-electron chi connectivity index (χ3n) is 5.53. The number of carbonyl (C=O) groups is 2. The maximum Gasteiger partial charge on any atom is 0.348 e. The van der Waals surface area contributed by atoms with E-state index in [-0.39, 0.29) is 12.4 Å². The first-order chi connectivity index (χ1) is 14.2. The molecule has 5 rings (SSSR count). The molecule has 2 heterocycles. The number of carbonyl (C=O) groups excluding carboxylic acids is 2. The summed E-state index contributed by atoms with van der Waals surface area (Å²) >= 11 is 1.39. The van der Waals surface area contributed by atoms with E-state index in [0.29, 0.717) is 17.0 Å². The van der Waals surface area contributed by atoms with Gasteiger partial charge in [-0.2, -0.15) is 0 Å². The summed E-state index contributed by atoms with van der Waals surface area (Å²) in [6.07, 6.45) is 4.46. The lowest BCUT2D eigenvalue weighted by molar-refractivity contribution is 0.0479. The number of hydrogen-bond acceptors (Lipinski definition) is 5. The molecule has 0 saturated carbocycles. The van der Waals surface area contributed by atoms with Crippen LogP contribution in [-0.4, -0.2) is 18.4 Å². The monoisotopic (exact) mass is 404 g/mol. The Morgan fingerprint density at radius 2 is 1.79 bits per heavy atom. The number of para-hydroxylation sites is 1. The lowest BCUT2D eigenvalue weighted by atomic mass is 9.90. The van der Waals surface area contributed by atoms with E-state index in [1.807, 2.05) is 48.5 Å². The van der Waals surface area contributed by atoms with Crippen LogP contribution in [0.4, 0.5) is 0 Å². The minimum absolute atomic E-state index is 0.165. The number of ketones is 1. The fourth-order valence-electron chi connectivity index (χ4n) is 3.99.